The van der Waals surface area contributed by atoms with Crippen molar-refractivity contribution >= 4 is 28.7 Å². The number of H-pyrrole nitrogens is 1. The van der Waals surface area contributed by atoms with Crippen LogP contribution in [-0.2, 0) is 24.2 Å². The number of amides is 1. The van der Waals surface area contributed by atoms with Gasteiger partial charge in [0.15, 0.2) is 5.16 Å². The van der Waals surface area contributed by atoms with E-state index in [1.807, 2.05) is 36.4 Å². The van der Waals surface area contributed by atoms with Gasteiger partial charge in [-0.3, -0.25) is 4.79 Å². The lowest BCUT2D eigenvalue weighted by atomic mass is 10.00. The van der Waals surface area contributed by atoms with Crippen LogP contribution in [-0.4, -0.2) is 44.9 Å². The number of benzene rings is 3. The first-order chi connectivity index (χ1) is 18.3. The van der Waals surface area contributed by atoms with Crippen molar-refractivity contribution in [3.63, 3.8) is 0 Å². The van der Waals surface area contributed by atoms with Gasteiger partial charge in [-0.2, -0.15) is 0 Å². The first kappa shape index (κ1) is 27.8. The molecule has 4 rings (SSSR count). The van der Waals surface area contributed by atoms with Crippen molar-refractivity contribution < 1.29 is 18.7 Å². The van der Waals surface area contributed by atoms with E-state index in [-0.39, 0.29) is 18.9 Å². The number of aryl methyl sites for hydroxylation is 1. The number of para-hydroxylation sites is 2. The molecule has 0 radical (unpaired) electrons. The number of rotatable bonds is 12. The molecule has 9 heteroatoms. The number of aliphatic hydroxyl groups is 1. The molecule has 0 saturated heterocycles. The zero-order valence-corrected chi connectivity index (χ0v) is 22.2. The molecule has 1 heterocycles. The quantitative estimate of drug-likeness (QED) is 0.195. The number of aliphatic hydroxyl groups excluding tert-OH is 1. The Morgan fingerprint density at radius 3 is 2.50 bits per heavy atom. The number of halogens is 2. The molecule has 4 aromatic rings. The van der Waals surface area contributed by atoms with Crippen molar-refractivity contribution in [2.24, 2.45) is 0 Å². The van der Waals surface area contributed by atoms with Gasteiger partial charge in [-0.15, -0.1) is 0 Å². The van der Waals surface area contributed by atoms with Gasteiger partial charge >= 0.3 is 0 Å². The molecule has 0 aliphatic carbocycles. The van der Waals surface area contributed by atoms with Crippen LogP contribution in [0.15, 0.2) is 71.9 Å². The summed E-state index contributed by atoms with van der Waals surface area (Å²) in [5.74, 6) is -1.73. The molecule has 0 fully saturated rings. The van der Waals surface area contributed by atoms with E-state index in [1.165, 1.54) is 29.5 Å². The Morgan fingerprint density at radius 2 is 1.76 bits per heavy atom. The zero-order chi connectivity index (χ0) is 27.1. The average Bonchev–Trinajstić information content (AvgIpc) is 3.30. The molecule has 200 valence electrons. The smallest absolute Gasteiger partial charge is 0.233 e. The summed E-state index contributed by atoms with van der Waals surface area (Å²) in [5.41, 5.74) is 4.33. The Labute approximate surface area is 225 Å². The number of aromatic nitrogens is 2. The van der Waals surface area contributed by atoms with Crippen LogP contribution in [0.5, 0.6) is 0 Å². The molecule has 3 aromatic carbocycles. The van der Waals surface area contributed by atoms with E-state index in [1.54, 1.807) is 6.92 Å². The van der Waals surface area contributed by atoms with Gasteiger partial charge in [-0.05, 0) is 60.7 Å². The predicted molar refractivity (Wildman–Crippen MR) is 147 cm³/mol. The molecule has 6 nitrogen and oxygen atoms in total. The van der Waals surface area contributed by atoms with Crippen molar-refractivity contribution in [3.8, 4) is 0 Å². The second kappa shape index (κ2) is 13.0. The van der Waals surface area contributed by atoms with Crippen LogP contribution in [0.25, 0.3) is 11.0 Å². The second-order valence-corrected chi connectivity index (χ2v) is 10.6. The van der Waals surface area contributed by atoms with Gasteiger partial charge < -0.3 is 20.7 Å². The number of imidazole rings is 1. The minimum Gasteiger partial charge on any atom is -0.390 e. The Hall–Kier alpha value is -3.27. The highest BCUT2D eigenvalue weighted by Crippen LogP contribution is 2.24. The fraction of sp³-hybridized carbons (Fsp3) is 0.310. The molecule has 0 aliphatic rings. The fourth-order valence-electron chi connectivity index (χ4n) is 4.24. The third kappa shape index (κ3) is 7.63. The van der Waals surface area contributed by atoms with Gasteiger partial charge in [0.1, 0.15) is 11.6 Å². The van der Waals surface area contributed by atoms with Crippen LogP contribution >= 0.6 is 11.8 Å². The highest BCUT2D eigenvalue weighted by atomic mass is 32.2. The van der Waals surface area contributed by atoms with Gasteiger partial charge in [0.2, 0.25) is 5.91 Å². The number of carbonyl (C=O) groups excluding carboxylic acids is 1. The van der Waals surface area contributed by atoms with Gasteiger partial charge in [0.25, 0.3) is 0 Å². The number of hydrogen-bond donors (Lipinski definition) is 4. The summed E-state index contributed by atoms with van der Waals surface area (Å²) in [4.78, 5) is 20.8. The van der Waals surface area contributed by atoms with E-state index in [0.29, 0.717) is 17.3 Å². The van der Waals surface area contributed by atoms with E-state index in [0.717, 1.165) is 29.1 Å². The Balaban J connectivity index is 1.42. The summed E-state index contributed by atoms with van der Waals surface area (Å²) in [6.45, 7) is 4.56. The van der Waals surface area contributed by atoms with Gasteiger partial charge in [-0.25, -0.2) is 13.8 Å². The van der Waals surface area contributed by atoms with Gasteiger partial charge in [0, 0.05) is 19.2 Å². The van der Waals surface area contributed by atoms with Crippen LogP contribution < -0.4 is 10.6 Å². The SMILES string of the molecule is CCc1cccc(CNC[C@@H](O)[C@H](Cc2cc(F)cc(F)c2)NC(=O)C(C)Sc2nc3ccccc3[nH]2)c1. The van der Waals surface area contributed by atoms with Crippen LogP contribution in [0.4, 0.5) is 8.78 Å². The molecule has 0 saturated carbocycles. The maximum absolute atomic E-state index is 13.8. The van der Waals surface area contributed by atoms with Crippen molar-refractivity contribution in [3.05, 3.63) is 95.1 Å². The number of aromatic amines is 1. The third-order valence-corrected chi connectivity index (χ3v) is 7.26. The van der Waals surface area contributed by atoms with Crippen LogP contribution in [0.3, 0.4) is 0 Å². The number of carbonyl (C=O) groups is 1. The summed E-state index contributed by atoms with van der Waals surface area (Å²) in [6.07, 6.45) is -0.00155. The first-order valence-corrected chi connectivity index (χ1v) is 13.5. The Bertz CT molecular complexity index is 1330. The summed E-state index contributed by atoms with van der Waals surface area (Å²) < 4.78 is 27.7. The second-order valence-electron chi connectivity index (χ2n) is 9.29. The van der Waals surface area contributed by atoms with Crippen molar-refractivity contribution in [1.82, 2.24) is 20.6 Å². The van der Waals surface area contributed by atoms with Crippen molar-refractivity contribution in [2.75, 3.05) is 6.54 Å². The summed E-state index contributed by atoms with van der Waals surface area (Å²) in [6, 6.07) is 18.2. The molecule has 1 unspecified atom stereocenters. The normalized spacial score (nSPS) is 13.8. The molecule has 0 bridgehead atoms. The molecule has 1 amide bonds. The number of hydrogen-bond acceptors (Lipinski definition) is 5. The van der Waals surface area contributed by atoms with E-state index in [2.05, 4.69) is 39.7 Å². The number of nitrogens with zero attached hydrogens (tertiary/aromatic N) is 1. The van der Waals surface area contributed by atoms with E-state index < -0.39 is 29.0 Å². The molecule has 38 heavy (non-hydrogen) atoms. The highest BCUT2D eigenvalue weighted by Gasteiger charge is 2.25. The van der Waals surface area contributed by atoms with E-state index in [9.17, 15) is 18.7 Å². The number of thioether (sulfide) groups is 1. The molecule has 3 atom stereocenters. The van der Waals surface area contributed by atoms with E-state index in [4.69, 9.17) is 0 Å². The largest absolute Gasteiger partial charge is 0.390 e. The fourth-order valence-corrected chi connectivity index (χ4v) is 5.07. The van der Waals surface area contributed by atoms with Crippen molar-refractivity contribution in [2.45, 2.75) is 55.8 Å². The van der Waals surface area contributed by atoms with Gasteiger partial charge in [-0.1, -0.05) is 55.1 Å². The Kier molecular flexibility index (Phi) is 9.49. The van der Waals surface area contributed by atoms with Gasteiger partial charge in [0.05, 0.1) is 28.4 Å². The standard InChI is InChI=1S/C29H32F2N4O2S/c1-3-19-7-6-8-20(11-19)16-32-17-27(36)26(14-21-12-22(30)15-23(31)13-21)33-28(37)18(2)38-29-34-24-9-4-5-10-25(24)35-29/h4-13,15,18,26-27,32,36H,3,14,16-17H2,1-2H3,(H,33,37)(H,34,35)/t18?,26-,27+/m0/s1. The lowest BCUT2D eigenvalue weighted by Gasteiger charge is -2.26. The molecular formula is C29H32F2N4O2S. The topological polar surface area (TPSA) is 90.0 Å². The molecule has 4 N–H and O–H groups in total. The van der Waals surface area contributed by atoms with Crippen LogP contribution in [0, 0.1) is 11.6 Å². The molecular weight excluding hydrogens is 506 g/mol. The lowest BCUT2D eigenvalue weighted by Crippen LogP contribution is -2.50. The Morgan fingerprint density at radius 1 is 1.03 bits per heavy atom. The molecule has 1 aromatic heterocycles. The number of fused-ring (bicyclic) bond motifs is 1. The number of nitrogens with one attached hydrogen (secondary N) is 3. The minimum absolute atomic E-state index is 0.0661. The van der Waals surface area contributed by atoms with Crippen LogP contribution in [0.1, 0.15) is 30.5 Å². The van der Waals surface area contributed by atoms with Crippen LogP contribution in [0.2, 0.25) is 0 Å². The summed E-state index contributed by atoms with van der Waals surface area (Å²) >= 11 is 1.26. The minimum atomic E-state index is -0.997. The maximum Gasteiger partial charge on any atom is 0.233 e. The third-order valence-electron chi connectivity index (χ3n) is 6.28. The highest BCUT2D eigenvalue weighted by molar-refractivity contribution is 8.00. The van der Waals surface area contributed by atoms with E-state index >= 15 is 0 Å². The first-order valence-electron chi connectivity index (χ1n) is 12.6. The lowest BCUT2D eigenvalue weighted by molar-refractivity contribution is -0.121. The predicted octanol–water partition coefficient (Wildman–Crippen LogP) is 4.76. The monoisotopic (exact) mass is 538 g/mol. The van der Waals surface area contributed by atoms with Crippen molar-refractivity contribution in [1.29, 1.82) is 0 Å². The summed E-state index contributed by atoms with van der Waals surface area (Å²) in [7, 11) is 0. The average molecular weight is 539 g/mol. The molecule has 0 aliphatic heterocycles. The molecule has 0 spiro atoms. The maximum atomic E-state index is 13.8. The summed E-state index contributed by atoms with van der Waals surface area (Å²) in [5, 5.41) is 17.2. The zero-order valence-electron chi connectivity index (χ0n) is 21.4.